The van der Waals surface area contributed by atoms with Crippen LogP contribution >= 0.6 is 11.8 Å². The molecule has 13 heavy (non-hydrogen) atoms. The van der Waals surface area contributed by atoms with E-state index >= 15 is 0 Å². The van der Waals surface area contributed by atoms with Crippen LogP contribution in [0.4, 0.5) is 0 Å². The largest absolute Gasteiger partial charge is 0.468 e. The molecule has 78 valence electrons. The first-order chi connectivity index (χ1) is 6.26. The highest BCUT2D eigenvalue weighted by molar-refractivity contribution is 7.99. The Morgan fingerprint density at radius 1 is 1.69 bits per heavy atom. The van der Waals surface area contributed by atoms with Crippen molar-refractivity contribution in [2.75, 3.05) is 32.3 Å². The number of carbonyl (C=O) groups excluding carboxylic acids is 1. The van der Waals surface area contributed by atoms with Crippen LogP contribution in [-0.4, -0.2) is 49.4 Å². The number of likely N-dealkylation sites (N-methyl/N-ethyl adjacent to an activating group) is 1. The van der Waals surface area contributed by atoms with E-state index in [9.17, 15) is 4.79 Å². The Bertz CT molecular complexity index is 143. The Morgan fingerprint density at radius 3 is 2.85 bits per heavy atom. The van der Waals surface area contributed by atoms with Crippen LogP contribution in [0.3, 0.4) is 0 Å². The molecule has 0 aromatic carbocycles. The minimum Gasteiger partial charge on any atom is -0.468 e. The van der Waals surface area contributed by atoms with Gasteiger partial charge in [0.15, 0.2) is 0 Å². The van der Waals surface area contributed by atoms with Gasteiger partial charge in [0.1, 0.15) is 6.04 Å². The number of ether oxygens (including phenoxy) is 1. The third-order valence-electron chi connectivity index (χ3n) is 1.57. The molecule has 0 bridgehead atoms. The average Bonchev–Trinajstić information content (AvgIpc) is 2.17. The van der Waals surface area contributed by atoms with Crippen LogP contribution in [0.25, 0.3) is 0 Å². The van der Waals surface area contributed by atoms with Crippen molar-refractivity contribution in [3.63, 3.8) is 0 Å². The van der Waals surface area contributed by atoms with E-state index in [-0.39, 0.29) is 18.6 Å². The molecule has 1 atom stereocenters. The fraction of sp³-hybridized carbons (Fsp3) is 0.875. The lowest BCUT2D eigenvalue weighted by molar-refractivity contribution is -0.142. The molecule has 0 saturated carbocycles. The van der Waals surface area contributed by atoms with Crippen LogP contribution < -0.4 is 5.32 Å². The summed E-state index contributed by atoms with van der Waals surface area (Å²) in [6.07, 6.45) is 0.766. The topological polar surface area (TPSA) is 58.6 Å². The van der Waals surface area contributed by atoms with Crippen LogP contribution in [0, 0.1) is 0 Å². The SMILES string of the molecule is CNC(CSCCCO)C(=O)OC. The van der Waals surface area contributed by atoms with Crippen molar-refractivity contribution in [1.82, 2.24) is 5.32 Å². The van der Waals surface area contributed by atoms with Crippen LogP contribution in [-0.2, 0) is 9.53 Å². The second-order valence-corrected chi connectivity index (χ2v) is 3.67. The fourth-order valence-corrected chi connectivity index (χ4v) is 1.82. The van der Waals surface area contributed by atoms with Crippen LogP contribution in [0.5, 0.6) is 0 Å². The summed E-state index contributed by atoms with van der Waals surface area (Å²) in [6, 6.07) is -0.242. The van der Waals surface area contributed by atoms with Gasteiger partial charge in [0.2, 0.25) is 0 Å². The minimum atomic E-state index is -0.242. The molecule has 0 aliphatic heterocycles. The highest BCUT2D eigenvalue weighted by Gasteiger charge is 2.15. The lowest BCUT2D eigenvalue weighted by atomic mass is 10.3. The van der Waals surface area contributed by atoms with Gasteiger partial charge in [-0.05, 0) is 19.2 Å². The molecule has 0 aromatic heterocycles. The zero-order chi connectivity index (χ0) is 10.1. The van der Waals surface area contributed by atoms with Crippen LogP contribution in [0.1, 0.15) is 6.42 Å². The first kappa shape index (κ1) is 12.7. The van der Waals surface area contributed by atoms with E-state index < -0.39 is 0 Å². The van der Waals surface area contributed by atoms with Crippen molar-refractivity contribution in [3.8, 4) is 0 Å². The number of aliphatic hydroxyl groups is 1. The zero-order valence-corrected chi connectivity index (χ0v) is 8.89. The van der Waals surface area contributed by atoms with E-state index in [1.54, 1.807) is 18.8 Å². The summed E-state index contributed by atoms with van der Waals surface area (Å²) < 4.78 is 4.60. The highest BCUT2D eigenvalue weighted by atomic mass is 32.2. The predicted molar refractivity (Wildman–Crippen MR) is 53.9 cm³/mol. The summed E-state index contributed by atoms with van der Waals surface area (Å²) in [5.74, 6) is 1.31. The van der Waals surface area contributed by atoms with Crippen molar-refractivity contribution < 1.29 is 14.6 Å². The Balaban J connectivity index is 3.53. The molecule has 0 amide bonds. The van der Waals surface area contributed by atoms with Crippen molar-refractivity contribution in [2.45, 2.75) is 12.5 Å². The number of hydrogen-bond acceptors (Lipinski definition) is 5. The van der Waals surface area contributed by atoms with E-state index in [2.05, 4.69) is 10.1 Å². The van der Waals surface area contributed by atoms with E-state index in [1.807, 2.05) is 0 Å². The predicted octanol–water partition coefficient (Wildman–Crippen LogP) is -0.137. The molecular weight excluding hydrogens is 190 g/mol. The average molecular weight is 207 g/mol. The quantitative estimate of drug-likeness (QED) is 0.449. The summed E-state index contributed by atoms with van der Waals surface area (Å²) >= 11 is 1.63. The first-order valence-corrected chi connectivity index (χ1v) is 5.35. The van der Waals surface area contributed by atoms with Gasteiger partial charge in [-0.2, -0.15) is 11.8 Å². The number of carbonyl (C=O) groups is 1. The molecule has 2 N–H and O–H groups in total. The van der Waals surface area contributed by atoms with Gasteiger partial charge in [-0.1, -0.05) is 0 Å². The van der Waals surface area contributed by atoms with Gasteiger partial charge >= 0.3 is 5.97 Å². The number of hydrogen-bond donors (Lipinski definition) is 2. The fourth-order valence-electron chi connectivity index (χ4n) is 0.779. The zero-order valence-electron chi connectivity index (χ0n) is 8.08. The Morgan fingerprint density at radius 2 is 2.38 bits per heavy atom. The van der Waals surface area contributed by atoms with Crippen molar-refractivity contribution >= 4 is 17.7 Å². The first-order valence-electron chi connectivity index (χ1n) is 4.20. The van der Waals surface area contributed by atoms with Crippen molar-refractivity contribution in [2.24, 2.45) is 0 Å². The summed E-state index contributed by atoms with van der Waals surface area (Å²) in [5, 5.41) is 11.4. The molecule has 4 nitrogen and oxygen atoms in total. The van der Waals surface area contributed by atoms with E-state index in [0.29, 0.717) is 5.75 Å². The molecule has 0 spiro atoms. The molecule has 0 saturated heterocycles. The third-order valence-corrected chi connectivity index (χ3v) is 2.71. The standard InChI is InChI=1S/C8H17NO3S/c1-9-7(8(11)12-2)6-13-5-3-4-10/h7,9-10H,3-6H2,1-2H3. The van der Waals surface area contributed by atoms with E-state index in [4.69, 9.17) is 5.11 Å². The molecule has 0 heterocycles. The summed E-state index contributed by atoms with van der Waals surface area (Å²) in [7, 11) is 3.11. The number of aliphatic hydroxyl groups excluding tert-OH is 1. The van der Waals surface area contributed by atoms with Gasteiger partial charge in [0, 0.05) is 12.4 Å². The van der Waals surface area contributed by atoms with Gasteiger partial charge in [0.25, 0.3) is 0 Å². The molecule has 0 aliphatic carbocycles. The summed E-state index contributed by atoms with van der Waals surface area (Å²) in [6.45, 7) is 0.204. The minimum absolute atomic E-state index is 0.204. The van der Waals surface area contributed by atoms with Gasteiger partial charge < -0.3 is 15.2 Å². The molecule has 5 heteroatoms. The summed E-state index contributed by atoms with van der Waals surface area (Å²) in [5.41, 5.74) is 0. The smallest absolute Gasteiger partial charge is 0.323 e. The maximum Gasteiger partial charge on any atom is 0.323 e. The van der Waals surface area contributed by atoms with E-state index in [0.717, 1.165) is 12.2 Å². The second-order valence-electron chi connectivity index (χ2n) is 2.52. The lowest BCUT2D eigenvalue weighted by Crippen LogP contribution is -2.37. The van der Waals surface area contributed by atoms with Gasteiger partial charge in [0.05, 0.1) is 7.11 Å². The number of nitrogens with one attached hydrogen (secondary N) is 1. The summed E-state index contributed by atoms with van der Waals surface area (Å²) in [4.78, 5) is 11.1. The Hall–Kier alpha value is -0.260. The molecule has 0 aliphatic rings. The third kappa shape index (κ3) is 5.90. The lowest BCUT2D eigenvalue weighted by Gasteiger charge is -2.12. The maximum absolute atomic E-state index is 11.1. The molecule has 0 radical (unpaired) electrons. The van der Waals surface area contributed by atoms with Crippen LogP contribution in [0.2, 0.25) is 0 Å². The monoisotopic (exact) mass is 207 g/mol. The molecule has 0 fully saturated rings. The number of esters is 1. The van der Waals surface area contributed by atoms with Crippen molar-refractivity contribution in [3.05, 3.63) is 0 Å². The molecule has 1 unspecified atom stereocenters. The van der Waals surface area contributed by atoms with Gasteiger partial charge in [-0.15, -0.1) is 0 Å². The normalized spacial score (nSPS) is 12.5. The van der Waals surface area contributed by atoms with Crippen LogP contribution in [0.15, 0.2) is 0 Å². The van der Waals surface area contributed by atoms with Gasteiger partial charge in [-0.3, -0.25) is 4.79 Å². The molecular formula is C8H17NO3S. The van der Waals surface area contributed by atoms with Gasteiger partial charge in [-0.25, -0.2) is 0 Å². The Kier molecular flexibility index (Phi) is 8.18. The van der Waals surface area contributed by atoms with E-state index in [1.165, 1.54) is 7.11 Å². The number of rotatable bonds is 7. The Labute approximate surface area is 83.0 Å². The maximum atomic E-state index is 11.1. The second kappa shape index (κ2) is 8.34. The van der Waals surface area contributed by atoms with Crippen molar-refractivity contribution in [1.29, 1.82) is 0 Å². The molecule has 0 aromatic rings. The molecule has 0 rings (SSSR count). The highest BCUT2D eigenvalue weighted by Crippen LogP contribution is 2.05. The number of methoxy groups -OCH3 is 1. The number of thioether (sulfide) groups is 1.